The minimum atomic E-state index is 0.677. The highest BCUT2D eigenvalue weighted by molar-refractivity contribution is 7.10. The summed E-state index contributed by atoms with van der Waals surface area (Å²) in [7, 11) is 0. The summed E-state index contributed by atoms with van der Waals surface area (Å²) < 4.78 is 0. The van der Waals surface area contributed by atoms with Crippen LogP contribution in [-0.4, -0.2) is 16.5 Å². The molecule has 1 N–H and O–H groups in total. The van der Waals surface area contributed by atoms with Gasteiger partial charge in [0.15, 0.2) is 0 Å². The minimum absolute atomic E-state index is 0.677. The molecule has 2 aromatic heterocycles. The number of nitrogens with zero attached hydrogens (tertiary/aromatic N) is 2. The van der Waals surface area contributed by atoms with Crippen molar-refractivity contribution in [3.63, 3.8) is 0 Å². The van der Waals surface area contributed by atoms with E-state index in [4.69, 9.17) is 0 Å². The summed E-state index contributed by atoms with van der Waals surface area (Å²) in [5.74, 6) is 0.677. The van der Waals surface area contributed by atoms with Gasteiger partial charge in [0, 0.05) is 17.3 Å². The smallest absolute Gasteiger partial charge is 0.107 e. The zero-order valence-corrected chi connectivity index (χ0v) is 12.0. The van der Waals surface area contributed by atoms with E-state index in [0.717, 1.165) is 34.5 Å². The predicted molar refractivity (Wildman–Crippen MR) is 74.5 cm³/mol. The van der Waals surface area contributed by atoms with E-state index < -0.39 is 0 Å². The van der Waals surface area contributed by atoms with Crippen LogP contribution in [0.1, 0.15) is 23.9 Å². The van der Waals surface area contributed by atoms with E-state index in [-0.39, 0.29) is 0 Å². The first-order valence-electron chi connectivity index (χ1n) is 5.73. The average Bonchev–Trinajstić information content (AvgIpc) is 2.86. The topological polar surface area (TPSA) is 37.8 Å². The number of hydrogen-bond acceptors (Lipinski definition) is 5. The van der Waals surface area contributed by atoms with Gasteiger partial charge in [-0.25, -0.2) is 9.97 Å². The molecule has 0 atom stereocenters. The van der Waals surface area contributed by atoms with E-state index in [0.29, 0.717) is 5.92 Å². The van der Waals surface area contributed by atoms with Gasteiger partial charge in [-0.05, 0) is 19.4 Å². The Morgan fingerprint density at radius 1 is 1.18 bits per heavy atom. The molecular formula is C12H17N3S2. The van der Waals surface area contributed by atoms with Gasteiger partial charge in [-0.15, -0.1) is 22.7 Å². The summed E-state index contributed by atoms with van der Waals surface area (Å²) in [4.78, 5) is 9.04. The molecule has 2 aromatic rings. The van der Waals surface area contributed by atoms with Crippen LogP contribution in [0.25, 0.3) is 11.4 Å². The molecule has 2 heterocycles. The van der Waals surface area contributed by atoms with Crippen molar-refractivity contribution >= 4 is 22.7 Å². The fourth-order valence-electron chi connectivity index (χ4n) is 1.46. The predicted octanol–water partition coefficient (Wildman–Crippen LogP) is 3.32. The van der Waals surface area contributed by atoms with Crippen molar-refractivity contribution in [3.05, 3.63) is 20.8 Å². The molecule has 0 aliphatic carbocycles. The van der Waals surface area contributed by atoms with Crippen molar-refractivity contribution in [1.82, 2.24) is 15.3 Å². The fourth-order valence-corrected chi connectivity index (χ4v) is 2.82. The first kappa shape index (κ1) is 12.7. The molecule has 0 aliphatic rings. The van der Waals surface area contributed by atoms with Gasteiger partial charge in [-0.3, -0.25) is 0 Å². The largest absolute Gasteiger partial charge is 0.310 e. The van der Waals surface area contributed by atoms with Crippen molar-refractivity contribution < 1.29 is 0 Å². The Balaban J connectivity index is 1.96. The Bertz CT molecular complexity index is 474. The lowest BCUT2D eigenvalue weighted by molar-refractivity contribution is 0.551. The van der Waals surface area contributed by atoms with Gasteiger partial charge in [-0.1, -0.05) is 13.8 Å². The third kappa shape index (κ3) is 3.59. The van der Waals surface area contributed by atoms with Gasteiger partial charge in [-0.2, -0.15) is 0 Å². The Morgan fingerprint density at radius 3 is 2.53 bits per heavy atom. The second-order valence-electron chi connectivity index (χ2n) is 4.40. The van der Waals surface area contributed by atoms with Gasteiger partial charge in [0.25, 0.3) is 0 Å². The third-order valence-corrected chi connectivity index (χ3v) is 3.88. The van der Waals surface area contributed by atoms with Crippen LogP contribution < -0.4 is 5.32 Å². The standard InChI is InChI=1S/C12H17N3S2/c1-8(2)4-13-5-12-15-11(7-17-12)10-6-16-9(3)14-10/h6-8,13H,4-5H2,1-3H3. The molecule has 2 rings (SSSR count). The van der Waals surface area contributed by atoms with Crippen LogP contribution in [0.2, 0.25) is 0 Å². The summed E-state index contributed by atoms with van der Waals surface area (Å²) in [5.41, 5.74) is 2.00. The summed E-state index contributed by atoms with van der Waals surface area (Å²) in [5, 5.41) is 9.77. The van der Waals surface area contributed by atoms with E-state index in [1.54, 1.807) is 22.7 Å². The van der Waals surface area contributed by atoms with Crippen LogP contribution in [0.15, 0.2) is 10.8 Å². The number of thiazole rings is 2. The maximum absolute atomic E-state index is 4.59. The van der Waals surface area contributed by atoms with Gasteiger partial charge in [0.05, 0.1) is 5.01 Å². The molecule has 0 amide bonds. The third-order valence-electron chi connectivity index (χ3n) is 2.26. The molecule has 0 aromatic carbocycles. The fraction of sp³-hybridized carbons (Fsp3) is 0.500. The number of aryl methyl sites for hydroxylation is 1. The summed E-state index contributed by atoms with van der Waals surface area (Å²) in [6.45, 7) is 8.32. The van der Waals surface area contributed by atoms with Gasteiger partial charge >= 0.3 is 0 Å². The summed E-state index contributed by atoms with van der Waals surface area (Å²) in [6.07, 6.45) is 0. The maximum Gasteiger partial charge on any atom is 0.107 e. The molecule has 0 saturated heterocycles. The molecule has 3 nitrogen and oxygen atoms in total. The monoisotopic (exact) mass is 267 g/mol. The van der Waals surface area contributed by atoms with E-state index in [2.05, 4.69) is 39.9 Å². The summed E-state index contributed by atoms with van der Waals surface area (Å²) in [6, 6.07) is 0. The molecule has 92 valence electrons. The molecule has 0 aliphatic heterocycles. The summed E-state index contributed by atoms with van der Waals surface area (Å²) >= 11 is 3.36. The lowest BCUT2D eigenvalue weighted by Gasteiger charge is -2.04. The van der Waals surface area contributed by atoms with Crippen LogP contribution in [0, 0.1) is 12.8 Å². The molecule has 5 heteroatoms. The van der Waals surface area contributed by atoms with Gasteiger partial charge in [0.2, 0.25) is 0 Å². The van der Waals surface area contributed by atoms with E-state index in [1.165, 1.54) is 0 Å². The van der Waals surface area contributed by atoms with Crippen molar-refractivity contribution in [3.8, 4) is 11.4 Å². The van der Waals surface area contributed by atoms with Gasteiger partial charge < -0.3 is 5.32 Å². The van der Waals surface area contributed by atoms with E-state index in [1.807, 2.05) is 6.92 Å². The van der Waals surface area contributed by atoms with Crippen LogP contribution in [0.3, 0.4) is 0 Å². The quantitative estimate of drug-likeness (QED) is 0.903. The first-order valence-corrected chi connectivity index (χ1v) is 7.48. The molecule has 0 bridgehead atoms. The Hall–Kier alpha value is -0.780. The molecule has 0 unspecified atom stereocenters. The molecule has 0 fully saturated rings. The van der Waals surface area contributed by atoms with Crippen LogP contribution in [0.5, 0.6) is 0 Å². The highest BCUT2D eigenvalue weighted by Gasteiger charge is 2.07. The molecule has 17 heavy (non-hydrogen) atoms. The Labute approximate surface area is 110 Å². The van der Waals surface area contributed by atoms with Crippen molar-refractivity contribution in [2.24, 2.45) is 5.92 Å². The highest BCUT2D eigenvalue weighted by atomic mass is 32.1. The lowest BCUT2D eigenvalue weighted by atomic mass is 10.2. The SMILES string of the molecule is Cc1nc(-c2csc(CNCC(C)C)n2)cs1. The molecule has 0 radical (unpaired) electrons. The lowest BCUT2D eigenvalue weighted by Crippen LogP contribution is -2.18. The van der Waals surface area contributed by atoms with E-state index >= 15 is 0 Å². The number of aromatic nitrogens is 2. The number of nitrogens with one attached hydrogen (secondary N) is 1. The molecule has 0 saturated carbocycles. The molecule has 0 spiro atoms. The van der Waals surface area contributed by atoms with Crippen molar-refractivity contribution in [1.29, 1.82) is 0 Å². The number of rotatable bonds is 5. The van der Waals surface area contributed by atoms with Crippen molar-refractivity contribution in [2.45, 2.75) is 27.3 Å². The van der Waals surface area contributed by atoms with Crippen LogP contribution >= 0.6 is 22.7 Å². The van der Waals surface area contributed by atoms with Crippen LogP contribution in [-0.2, 0) is 6.54 Å². The Kier molecular flexibility index (Phi) is 4.25. The average molecular weight is 267 g/mol. The Morgan fingerprint density at radius 2 is 1.88 bits per heavy atom. The minimum Gasteiger partial charge on any atom is -0.310 e. The second-order valence-corrected chi connectivity index (χ2v) is 6.41. The normalized spacial score (nSPS) is 11.3. The zero-order valence-electron chi connectivity index (χ0n) is 10.4. The molecular weight excluding hydrogens is 250 g/mol. The zero-order chi connectivity index (χ0) is 12.3. The van der Waals surface area contributed by atoms with Crippen molar-refractivity contribution in [2.75, 3.05) is 6.54 Å². The second kappa shape index (κ2) is 5.71. The maximum atomic E-state index is 4.59. The van der Waals surface area contributed by atoms with Gasteiger partial charge in [0.1, 0.15) is 16.4 Å². The first-order chi connectivity index (χ1) is 8.15. The highest BCUT2D eigenvalue weighted by Crippen LogP contribution is 2.23. The van der Waals surface area contributed by atoms with Crippen LogP contribution in [0.4, 0.5) is 0 Å². The van der Waals surface area contributed by atoms with E-state index in [9.17, 15) is 0 Å². The number of hydrogen-bond donors (Lipinski definition) is 1.